The summed E-state index contributed by atoms with van der Waals surface area (Å²) in [6, 6.07) is 68.2. The Bertz CT molecular complexity index is 4730. The van der Waals surface area contributed by atoms with Crippen LogP contribution in [-0.2, 0) is 40.1 Å². The number of nitrogens with zero attached hydrogens (tertiary/aromatic N) is 4. The Morgan fingerprint density at radius 1 is 0.508 bits per heavy atom. The number of carbonyl (C=O) groups is 1. The fourth-order valence-electron chi connectivity index (χ4n) is 11.3. The van der Waals surface area contributed by atoms with Gasteiger partial charge in [0.25, 0.3) is 0 Å². The van der Waals surface area contributed by atoms with E-state index >= 15 is 0 Å². The minimum atomic E-state index is -1.67. The van der Waals surface area contributed by atoms with Gasteiger partial charge in [-0.3, -0.25) is 19.5 Å². The molecule has 126 heavy (non-hydrogen) atoms. The number of ether oxygens (including phenoxy) is 1. The third kappa shape index (κ3) is 45.9. The van der Waals surface area contributed by atoms with Crippen LogP contribution in [-0.4, -0.2) is 137 Å². The monoisotopic (exact) mass is 1930 g/mol. The number of aliphatic hydroxyl groups is 4. The zero-order valence-corrected chi connectivity index (χ0v) is 76.3. The molecule has 33 heteroatoms. The number of aldehydes is 1. The summed E-state index contributed by atoms with van der Waals surface area (Å²) in [6.07, 6.45) is 0.0316. The van der Waals surface area contributed by atoms with Gasteiger partial charge in [0.05, 0.1) is 44.0 Å². The molecule has 0 aromatic heterocycles. The lowest BCUT2D eigenvalue weighted by Gasteiger charge is -2.43. The number of epoxide rings is 1. The molecule has 11 aromatic rings. The number of carbonyl (C=O) groups excluding carboxylic acids is 1. The van der Waals surface area contributed by atoms with E-state index in [1.807, 2.05) is 130 Å². The van der Waals surface area contributed by atoms with Crippen LogP contribution in [0.4, 0.5) is 55.3 Å². The topological polar surface area (TPSA) is 205 Å². The number of benzene rings is 11. The Balaban J connectivity index is 0.000000385. The Kier molecular flexibility index (Phi) is 57.7. The maximum atomic E-state index is 13.6. The summed E-state index contributed by atoms with van der Waals surface area (Å²) in [4.78, 5) is 18.4. The molecule has 684 valence electrons. The van der Waals surface area contributed by atoms with Crippen LogP contribution in [0, 0.1) is 58.2 Å². The second-order valence-electron chi connectivity index (χ2n) is 26.5. The van der Waals surface area contributed by atoms with E-state index in [1.54, 1.807) is 53.4 Å². The van der Waals surface area contributed by atoms with Gasteiger partial charge in [-0.25, -0.2) is 48.1 Å². The highest BCUT2D eigenvalue weighted by molar-refractivity contribution is 8.26. The first kappa shape index (κ1) is 112. The van der Waals surface area contributed by atoms with E-state index in [1.165, 1.54) is 53.2 Å². The highest BCUT2D eigenvalue weighted by atomic mass is 36.0. The van der Waals surface area contributed by atoms with Gasteiger partial charge in [-0.2, -0.15) is 0 Å². The van der Waals surface area contributed by atoms with Gasteiger partial charge in [-0.1, -0.05) is 183 Å². The number of nitrogens with two attached hydrogens (primary N) is 2. The van der Waals surface area contributed by atoms with Crippen molar-refractivity contribution in [2.75, 3.05) is 102 Å². The molecule has 0 aliphatic carbocycles. The zero-order chi connectivity index (χ0) is 93.5. The second kappa shape index (κ2) is 64.7. The van der Waals surface area contributed by atoms with Crippen LogP contribution in [0.2, 0.25) is 20.1 Å². The number of halogens is 18. The van der Waals surface area contributed by atoms with Gasteiger partial charge in [0, 0.05) is 149 Å². The lowest BCUT2D eigenvalue weighted by atomic mass is 10.0. The van der Waals surface area contributed by atoms with Crippen molar-refractivity contribution in [1.29, 1.82) is 0 Å². The summed E-state index contributed by atoms with van der Waals surface area (Å²) in [5, 5.41) is 41.0. The van der Waals surface area contributed by atoms with Gasteiger partial charge in [0.1, 0.15) is 12.4 Å². The molecule has 0 bridgehead atoms. The summed E-state index contributed by atoms with van der Waals surface area (Å²) in [5.41, 5.74) is 19.0. The van der Waals surface area contributed by atoms with E-state index in [9.17, 15) is 53.8 Å². The van der Waals surface area contributed by atoms with Crippen LogP contribution in [0.1, 0.15) is 106 Å². The molecule has 9 N–H and O–H groups in total. The molecule has 2 fully saturated rings. The number of piperazine rings is 1. The molecular weight excluding hydrogens is 1830 g/mol. The third-order valence-electron chi connectivity index (χ3n) is 17.3. The van der Waals surface area contributed by atoms with Gasteiger partial charge in [0.15, 0.2) is 58.2 Å². The fraction of sp³-hybridized carbons (Fsp3) is 0.280. The van der Waals surface area contributed by atoms with Crippen molar-refractivity contribution < 1.29 is 78.1 Å². The molecule has 2 aliphatic rings. The molecular formula is C93H103Cl8F10N7O7S. The molecule has 13 rings (SSSR count). The van der Waals surface area contributed by atoms with Crippen LogP contribution in [0.3, 0.4) is 0 Å². The van der Waals surface area contributed by atoms with E-state index in [2.05, 4.69) is 60.7 Å². The predicted octanol–water partition coefficient (Wildman–Crippen LogP) is 23.0. The Hall–Kier alpha value is -7.94. The van der Waals surface area contributed by atoms with Gasteiger partial charge in [-0.05, 0) is 184 Å². The van der Waals surface area contributed by atoms with Crippen molar-refractivity contribution in [2.24, 2.45) is 5.73 Å². The maximum Gasteiger partial charge on any atom is 0.211 e. The van der Waals surface area contributed by atoms with Crippen molar-refractivity contribution in [3.05, 3.63) is 377 Å². The largest absolute Gasteiger partial charge is 0.399 e. The number of para-hydroxylation sites is 2. The number of hydrogen-bond donors (Lipinski definition) is 7. The van der Waals surface area contributed by atoms with Gasteiger partial charge >= 0.3 is 0 Å². The molecule has 0 spiro atoms. The van der Waals surface area contributed by atoms with Crippen LogP contribution in [0.15, 0.2) is 249 Å². The summed E-state index contributed by atoms with van der Waals surface area (Å²) in [6.45, 7) is 15.6. The first-order valence-electron chi connectivity index (χ1n) is 39.4. The number of rotatable bonds is 25. The summed E-state index contributed by atoms with van der Waals surface area (Å²) in [5.74, 6) is -8.32. The average molecular weight is 1940 g/mol. The normalized spacial score (nSPS) is 13.2. The van der Waals surface area contributed by atoms with Gasteiger partial charge in [-0.15, -0.1) is 23.2 Å². The van der Waals surface area contributed by atoms with E-state index in [-0.39, 0.29) is 43.3 Å². The van der Waals surface area contributed by atoms with Crippen LogP contribution in [0.5, 0.6) is 0 Å². The number of hydrogen-bond acceptors (Lipinski definition) is 14. The Labute approximate surface area is 772 Å². The number of aliphatic hydroxyl groups excluding tert-OH is 4. The molecule has 0 amide bonds. The quantitative estimate of drug-likeness (QED) is 0.00541. The minimum absolute atomic E-state index is 0.0314. The Morgan fingerprint density at radius 2 is 0.905 bits per heavy atom. The van der Waals surface area contributed by atoms with E-state index in [0.29, 0.717) is 114 Å². The smallest absolute Gasteiger partial charge is 0.211 e. The Morgan fingerprint density at radius 3 is 1.31 bits per heavy atom. The third-order valence-corrected chi connectivity index (χ3v) is 18.9. The van der Waals surface area contributed by atoms with Crippen molar-refractivity contribution in [3.63, 3.8) is 0 Å². The summed E-state index contributed by atoms with van der Waals surface area (Å²) < 4.78 is 143. The lowest BCUT2D eigenvalue weighted by molar-refractivity contribution is 0.0956. The maximum absolute atomic E-state index is 13.6. The summed E-state index contributed by atoms with van der Waals surface area (Å²) >= 11 is 35.7. The molecule has 4 unspecified atom stereocenters. The SMILES string of the molecule is CC.CC.Clc1ccc(C2CO2)cc1.Fc1ccc(CN(CCCl)CC(Cl)c2ccc(Cl)cc2)cc1F.Fc1ccc(CN2CCN(c3ccccc3)C(c3ccc(Cl)cc3)C2)cc1F.NCCO.Nc1ccccc1.O=Cc1ccc(F)c(F)c1.O=S(Cl)Cl.OCCN(Cc1ccc(F)c(F)c1)CC(O)c1ccc(Cl)cc1.OCCNCc1ccc(F)c(F)c1. The van der Waals surface area contributed by atoms with E-state index < -0.39 is 73.5 Å². The van der Waals surface area contributed by atoms with Crippen LogP contribution >= 0.6 is 91.0 Å². The van der Waals surface area contributed by atoms with Crippen molar-refractivity contribution >= 4 is 118 Å². The average Bonchev–Trinajstić information content (AvgIpc) is 1.05. The van der Waals surface area contributed by atoms with Crippen LogP contribution in [0.25, 0.3) is 0 Å². The highest BCUT2D eigenvalue weighted by Crippen LogP contribution is 2.34. The molecule has 11 aromatic carbocycles. The van der Waals surface area contributed by atoms with Gasteiger partial charge in [0.2, 0.25) is 9.23 Å². The zero-order valence-electron chi connectivity index (χ0n) is 69.5. The van der Waals surface area contributed by atoms with Gasteiger partial charge < -0.3 is 46.8 Å². The standard InChI is InChI=1S/C23H21ClF2N2.C17H16Cl3F2N.C17H18ClF2NO2.C9H11F2NO.C8H7ClO.C7H4F2O.C6H7N.C2H7NO.2C2H6.Cl2OS/c24-19-9-7-18(8-10-19)23-16-27(15-17-6-11-21(25)22(26)14-17)12-13-28(23)20-4-2-1-3-5-20;18-7-8-23(10-12-1-6-16(21)17(22)9-12)11-15(20)13-2-4-14(19)5-3-13;18-14-4-2-13(3-5-14)17(23)11-21(7-8-22)10-12-1-6-15(19)16(20)9-12;10-8-2-1-7(5-9(8)11)6-12-3-4-13;9-7-3-1-6(2-4-7)8-5-10-8;8-6-2-1-5(4-10)3-7(6)9;7-6-4-2-1-3-5-6;3-1-2-4;2*1-2;1-4(2)3/h1-11,14,23H,12-13,15-16H2;1-6,9,15H,7-8,10-11H2;1-6,9,17,22-23H,7-8,10-11H2;1-2,5,12-13H,3-4,6H2;1-4,8H,5H2;1-4H;1-5H,7H2;4H,1-3H2;2*1-2H3;. The first-order chi connectivity index (χ1) is 60.5. The predicted molar refractivity (Wildman–Crippen MR) is 494 cm³/mol. The molecule has 0 radical (unpaired) electrons. The lowest BCUT2D eigenvalue weighted by Crippen LogP contribution is -2.48. The molecule has 2 heterocycles. The van der Waals surface area contributed by atoms with E-state index in [0.717, 1.165) is 90.5 Å². The van der Waals surface area contributed by atoms with Crippen LogP contribution < -0.4 is 21.7 Å². The molecule has 2 aliphatic heterocycles. The molecule has 2 saturated heterocycles. The number of nitrogens with one attached hydrogen (secondary N) is 1. The van der Waals surface area contributed by atoms with Crippen molar-refractivity contribution in [1.82, 2.24) is 20.0 Å². The van der Waals surface area contributed by atoms with E-state index in [4.69, 9.17) is 105 Å². The summed E-state index contributed by atoms with van der Waals surface area (Å²) in [7, 11) is 7.36. The number of anilines is 2. The van der Waals surface area contributed by atoms with Crippen molar-refractivity contribution in [3.8, 4) is 0 Å². The second-order valence-corrected chi connectivity index (χ2v) is 31.6. The van der Waals surface area contributed by atoms with Crippen molar-refractivity contribution in [2.45, 2.75) is 77.5 Å². The molecule has 4 atom stereocenters. The molecule has 0 saturated carbocycles. The first-order valence-corrected chi connectivity index (χ1v) is 44.7. The molecule has 14 nitrogen and oxygen atoms in total. The number of nitrogen functional groups attached to an aromatic ring is 1. The minimum Gasteiger partial charge on any atom is -0.399 e. The fourth-order valence-corrected chi connectivity index (χ4v) is 12.3. The number of alkyl halides is 2. The highest BCUT2D eigenvalue weighted by Gasteiger charge is 2.29.